The molecular formula is C26H29N. The number of hydrogen-bond acceptors (Lipinski definition) is 1. The lowest BCUT2D eigenvalue weighted by Gasteiger charge is -2.31. The molecule has 0 atom stereocenters. The summed E-state index contributed by atoms with van der Waals surface area (Å²) in [4.78, 5) is 2.43. The lowest BCUT2D eigenvalue weighted by molar-refractivity contribution is 0.444. The summed E-state index contributed by atoms with van der Waals surface area (Å²) in [6.07, 6.45) is 6.72. The third-order valence-corrected chi connectivity index (χ3v) is 5.81. The van der Waals surface area contributed by atoms with Crippen LogP contribution in [0.3, 0.4) is 0 Å². The van der Waals surface area contributed by atoms with E-state index < -0.39 is 0 Å². The number of anilines is 3. The average molecular weight is 356 g/mol. The maximum atomic E-state index is 2.43. The second kappa shape index (κ2) is 8.00. The predicted molar refractivity (Wildman–Crippen MR) is 116 cm³/mol. The van der Waals surface area contributed by atoms with Crippen LogP contribution in [0.25, 0.3) is 0 Å². The van der Waals surface area contributed by atoms with Crippen molar-refractivity contribution in [2.24, 2.45) is 0 Å². The first-order valence-corrected chi connectivity index (χ1v) is 10.2. The van der Waals surface area contributed by atoms with Gasteiger partial charge >= 0.3 is 0 Å². The van der Waals surface area contributed by atoms with Gasteiger partial charge in [-0.1, -0.05) is 72.9 Å². The molecule has 0 amide bonds. The highest BCUT2D eigenvalue weighted by molar-refractivity contribution is 5.78. The third-order valence-electron chi connectivity index (χ3n) is 5.81. The molecule has 0 heterocycles. The summed E-state index contributed by atoms with van der Waals surface area (Å²) in [6.45, 7) is 4.30. The summed E-state index contributed by atoms with van der Waals surface area (Å²) >= 11 is 0. The fourth-order valence-corrected chi connectivity index (χ4v) is 4.26. The van der Waals surface area contributed by atoms with Gasteiger partial charge in [0.15, 0.2) is 0 Å². The monoisotopic (exact) mass is 355 g/mol. The van der Waals surface area contributed by atoms with E-state index in [1.54, 1.807) is 0 Å². The normalized spacial score (nSPS) is 14.9. The van der Waals surface area contributed by atoms with Crippen molar-refractivity contribution in [2.45, 2.75) is 51.9 Å². The van der Waals surface area contributed by atoms with E-state index in [1.807, 2.05) is 0 Å². The number of hydrogen-bond donors (Lipinski definition) is 0. The Hall–Kier alpha value is -2.54. The highest BCUT2D eigenvalue weighted by Crippen LogP contribution is 2.43. The lowest BCUT2D eigenvalue weighted by atomic mass is 9.83. The molecule has 0 radical (unpaired) electrons. The second-order valence-electron chi connectivity index (χ2n) is 7.90. The first kappa shape index (κ1) is 17.9. The molecule has 0 spiro atoms. The minimum absolute atomic E-state index is 0.674. The Labute approximate surface area is 163 Å². The van der Waals surface area contributed by atoms with Gasteiger partial charge in [-0.05, 0) is 68.5 Å². The quantitative estimate of drug-likeness (QED) is 0.461. The van der Waals surface area contributed by atoms with Crippen LogP contribution in [-0.2, 0) is 0 Å². The van der Waals surface area contributed by atoms with Crippen molar-refractivity contribution in [1.82, 2.24) is 0 Å². The van der Waals surface area contributed by atoms with Gasteiger partial charge in [0.1, 0.15) is 0 Å². The molecule has 1 fully saturated rings. The van der Waals surface area contributed by atoms with Gasteiger partial charge in [0.25, 0.3) is 0 Å². The summed E-state index contributed by atoms with van der Waals surface area (Å²) in [6, 6.07) is 26.8. The zero-order valence-electron chi connectivity index (χ0n) is 16.5. The van der Waals surface area contributed by atoms with E-state index in [2.05, 4.69) is 91.5 Å². The third kappa shape index (κ3) is 3.93. The Bertz CT molecular complexity index is 825. The molecule has 1 saturated carbocycles. The van der Waals surface area contributed by atoms with Gasteiger partial charge in [-0.2, -0.15) is 0 Å². The summed E-state index contributed by atoms with van der Waals surface area (Å²) in [5.41, 5.74) is 7.88. The van der Waals surface area contributed by atoms with Crippen molar-refractivity contribution in [3.05, 3.63) is 89.5 Å². The number of para-hydroxylation sites is 1. The Balaban J connectivity index is 1.83. The van der Waals surface area contributed by atoms with Gasteiger partial charge in [-0.3, -0.25) is 0 Å². The maximum Gasteiger partial charge on any atom is 0.0496 e. The SMILES string of the molecule is Cc1ccc(N(c2ccc(C)cc2)c2ccccc2C2CCCCC2)cc1. The fraction of sp³-hybridized carbons (Fsp3) is 0.308. The molecule has 3 aromatic carbocycles. The molecule has 0 unspecified atom stereocenters. The van der Waals surface area contributed by atoms with E-state index in [0.717, 1.165) is 0 Å². The van der Waals surface area contributed by atoms with Gasteiger partial charge in [0.05, 0.1) is 0 Å². The zero-order valence-corrected chi connectivity index (χ0v) is 16.5. The van der Waals surface area contributed by atoms with E-state index in [4.69, 9.17) is 0 Å². The molecule has 4 rings (SSSR count). The zero-order chi connectivity index (χ0) is 18.6. The molecule has 0 aromatic heterocycles. The number of nitrogens with zero attached hydrogens (tertiary/aromatic N) is 1. The molecule has 0 bridgehead atoms. The predicted octanol–water partition coefficient (Wildman–Crippen LogP) is 7.82. The first-order valence-electron chi connectivity index (χ1n) is 10.2. The maximum absolute atomic E-state index is 2.43. The summed E-state index contributed by atoms with van der Waals surface area (Å²) in [5, 5.41) is 0. The van der Waals surface area contributed by atoms with E-state index >= 15 is 0 Å². The van der Waals surface area contributed by atoms with Gasteiger partial charge < -0.3 is 4.90 Å². The largest absolute Gasteiger partial charge is 0.310 e. The van der Waals surface area contributed by atoms with Crippen LogP contribution in [0.5, 0.6) is 0 Å². The van der Waals surface area contributed by atoms with E-state index in [9.17, 15) is 0 Å². The molecule has 138 valence electrons. The van der Waals surface area contributed by atoms with Crippen molar-refractivity contribution < 1.29 is 0 Å². The van der Waals surface area contributed by atoms with Crippen LogP contribution in [0.2, 0.25) is 0 Å². The van der Waals surface area contributed by atoms with Gasteiger partial charge in [-0.15, -0.1) is 0 Å². The first-order chi connectivity index (χ1) is 13.2. The molecule has 1 nitrogen and oxygen atoms in total. The van der Waals surface area contributed by atoms with Gasteiger partial charge in [0, 0.05) is 17.1 Å². The van der Waals surface area contributed by atoms with Crippen molar-refractivity contribution in [2.75, 3.05) is 4.90 Å². The molecule has 0 saturated heterocycles. The molecule has 1 aliphatic rings. The molecule has 1 heteroatoms. The van der Waals surface area contributed by atoms with Crippen molar-refractivity contribution in [3.8, 4) is 0 Å². The van der Waals surface area contributed by atoms with E-state index in [-0.39, 0.29) is 0 Å². The summed E-state index contributed by atoms with van der Waals surface area (Å²) < 4.78 is 0. The number of aryl methyl sites for hydroxylation is 2. The lowest BCUT2D eigenvalue weighted by Crippen LogP contribution is -2.15. The number of rotatable bonds is 4. The minimum Gasteiger partial charge on any atom is -0.310 e. The van der Waals surface area contributed by atoms with Crippen molar-refractivity contribution in [3.63, 3.8) is 0 Å². The molecule has 0 aliphatic heterocycles. The van der Waals surface area contributed by atoms with Gasteiger partial charge in [-0.25, -0.2) is 0 Å². The Morgan fingerprint density at radius 2 is 1.15 bits per heavy atom. The highest BCUT2D eigenvalue weighted by atomic mass is 15.1. The minimum atomic E-state index is 0.674. The number of benzene rings is 3. The van der Waals surface area contributed by atoms with Crippen LogP contribution >= 0.6 is 0 Å². The molecule has 1 aliphatic carbocycles. The second-order valence-corrected chi connectivity index (χ2v) is 7.90. The van der Waals surface area contributed by atoms with Crippen LogP contribution < -0.4 is 4.90 Å². The molecular weight excluding hydrogens is 326 g/mol. The van der Waals surface area contributed by atoms with Crippen LogP contribution in [0.4, 0.5) is 17.1 Å². The van der Waals surface area contributed by atoms with E-state index in [1.165, 1.54) is 65.9 Å². The van der Waals surface area contributed by atoms with Crippen molar-refractivity contribution in [1.29, 1.82) is 0 Å². The van der Waals surface area contributed by atoms with E-state index in [0.29, 0.717) is 5.92 Å². The van der Waals surface area contributed by atoms with Crippen LogP contribution in [0, 0.1) is 13.8 Å². The van der Waals surface area contributed by atoms with Crippen molar-refractivity contribution >= 4 is 17.1 Å². The highest BCUT2D eigenvalue weighted by Gasteiger charge is 2.22. The van der Waals surface area contributed by atoms with Crippen LogP contribution in [-0.4, -0.2) is 0 Å². The summed E-state index contributed by atoms with van der Waals surface area (Å²) in [7, 11) is 0. The molecule has 3 aromatic rings. The Kier molecular flexibility index (Phi) is 5.29. The Morgan fingerprint density at radius 3 is 1.70 bits per heavy atom. The molecule has 27 heavy (non-hydrogen) atoms. The van der Waals surface area contributed by atoms with Gasteiger partial charge in [0.2, 0.25) is 0 Å². The topological polar surface area (TPSA) is 3.24 Å². The van der Waals surface area contributed by atoms with Crippen LogP contribution in [0.1, 0.15) is 54.7 Å². The van der Waals surface area contributed by atoms with Crippen LogP contribution in [0.15, 0.2) is 72.8 Å². The smallest absolute Gasteiger partial charge is 0.0496 e. The fourth-order valence-electron chi connectivity index (χ4n) is 4.26. The standard InChI is InChI=1S/C26H29N/c1-20-12-16-23(17-13-20)27(24-18-14-21(2)15-19-24)26-11-7-6-10-25(26)22-8-4-3-5-9-22/h6-7,10-19,22H,3-5,8-9H2,1-2H3. The molecule has 0 N–H and O–H groups in total. The average Bonchev–Trinajstić information content (AvgIpc) is 2.72. The summed E-state index contributed by atoms with van der Waals surface area (Å²) in [5.74, 6) is 0.674. The Morgan fingerprint density at radius 1 is 0.630 bits per heavy atom.